The summed E-state index contributed by atoms with van der Waals surface area (Å²) in [6.45, 7) is 9.10. The van der Waals surface area contributed by atoms with Crippen molar-refractivity contribution in [1.82, 2.24) is 19.7 Å². The zero-order chi connectivity index (χ0) is 21.7. The van der Waals surface area contributed by atoms with Crippen LogP contribution in [0.3, 0.4) is 0 Å². The number of aryl methyl sites for hydroxylation is 1. The molecule has 0 saturated carbocycles. The molecular weight excluding hydrogens is 376 g/mol. The summed E-state index contributed by atoms with van der Waals surface area (Å²) < 4.78 is 1.96. The Balaban J connectivity index is 1.85. The van der Waals surface area contributed by atoms with Gasteiger partial charge in [-0.3, -0.25) is 4.98 Å². The molecule has 0 atom stereocenters. The lowest BCUT2D eigenvalue weighted by molar-refractivity contribution is 0.0697. The third kappa shape index (κ3) is 5.12. The van der Waals surface area contributed by atoms with Gasteiger partial charge in [-0.05, 0) is 24.1 Å². The summed E-state index contributed by atoms with van der Waals surface area (Å²) in [4.78, 5) is 20.9. The highest BCUT2D eigenvalue weighted by Gasteiger charge is 2.22. The Labute approximate surface area is 178 Å². The van der Waals surface area contributed by atoms with Crippen LogP contribution in [0.2, 0.25) is 0 Å². The van der Waals surface area contributed by atoms with E-state index in [4.69, 9.17) is 10.1 Å². The van der Waals surface area contributed by atoms with Gasteiger partial charge in [-0.2, -0.15) is 5.10 Å². The molecule has 158 valence electrons. The van der Waals surface area contributed by atoms with Gasteiger partial charge < -0.3 is 5.11 Å². The number of aromatic nitrogens is 4. The number of carbonyl (C=O) groups is 1. The second-order valence-electron chi connectivity index (χ2n) is 8.61. The lowest BCUT2D eigenvalue weighted by atomic mass is 9.96. The van der Waals surface area contributed by atoms with E-state index in [-0.39, 0.29) is 11.0 Å². The fourth-order valence-corrected chi connectivity index (χ4v) is 3.29. The van der Waals surface area contributed by atoms with Crippen molar-refractivity contribution in [2.75, 3.05) is 0 Å². The van der Waals surface area contributed by atoms with Crippen molar-refractivity contribution in [2.45, 2.75) is 65.3 Å². The average molecular weight is 407 g/mol. The lowest BCUT2D eigenvalue weighted by Crippen LogP contribution is -2.14. The summed E-state index contributed by atoms with van der Waals surface area (Å²) in [5.74, 6) is 0.903. The summed E-state index contributed by atoms with van der Waals surface area (Å²) in [6, 6.07) is 10.8. The molecule has 1 N–H and O–H groups in total. The number of nitrogens with zero attached hydrogens (tertiary/aromatic N) is 4. The normalized spacial score (nSPS) is 11.6. The molecule has 0 saturated heterocycles. The molecule has 6 heteroatoms. The van der Waals surface area contributed by atoms with Gasteiger partial charge in [0.1, 0.15) is 5.82 Å². The second-order valence-corrected chi connectivity index (χ2v) is 8.61. The minimum Gasteiger partial charge on any atom is -0.478 e. The number of hydrogen-bond acceptors (Lipinski definition) is 4. The molecular formula is C24H30N4O2. The maximum Gasteiger partial charge on any atom is 0.336 e. The number of aromatic carboxylic acids is 1. The first-order valence-electron chi connectivity index (χ1n) is 10.5. The van der Waals surface area contributed by atoms with Crippen LogP contribution in [-0.4, -0.2) is 30.8 Å². The summed E-state index contributed by atoms with van der Waals surface area (Å²) in [5.41, 5.74) is 2.49. The van der Waals surface area contributed by atoms with Crippen molar-refractivity contribution in [2.24, 2.45) is 0 Å². The van der Waals surface area contributed by atoms with Crippen LogP contribution in [0, 0.1) is 0 Å². The molecule has 2 heterocycles. The molecule has 1 aromatic carbocycles. The van der Waals surface area contributed by atoms with E-state index in [2.05, 4.69) is 32.7 Å². The van der Waals surface area contributed by atoms with Crippen LogP contribution in [0.15, 0.2) is 42.6 Å². The zero-order valence-electron chi connectivity index (χ0n) is 18.2. The molecule has 3 aromatic rings. The monoisotopic (exact) mass is 406 g/mol. The molecule has 0 aliphatic rings. The van der Waals surface area contributed by atoms with Gasteiger partial charge in [-0.1, -0.05) is 64.8 Å². The van der Waals surface area contributed by atoms with Crippen molar-refractivity contribution in [3.05, 3.63) is 65.5 Å². The van der Waals surface area contributed by atoms with Crippen molar-refractivity contribution in [3.63, 3.8) is 0 Å². The molecule has 0 fully saturated rings. The standard InChI is InChI=1S/C24H30N4O2/c1-5-6-7-12-21-26-23(24(2,3)4)27-28(21)16-18-14-13-17(15-25-18)19-10-8-9-11-20(19)22(29)30/h8-11,13-15H,5-7,12,16H2,1-4H3,(H,29,30). The van der Waals surface area contributed by atoms with E-state index in [0.717, 1.165) is 35.7 Å². The van der Waals surface area contributed by atoms with Gasteiger partial charge in [0.25, 0.3) is 0 Å². The molecule has 0 unspecified atom stereocenters. The molecule has 0 aliphatic carbocycles. The highest BCUT2D eigenvalue weighted by molar-refractivity contribution is 5.95. The van der Waals surface area contributed by atoms with E-state index in [1.165, 1.54) is 12.8 Å². The van der Waals surface area contributed by atoms with Crippen LogP contribution >= 0.6 is 0 Å². The SMILES string of the molecule is CCCCCc1nc(C(C)(C)C)nn1Cc1ccc(-c2ccccc2C(=O)O)cn1. The maximum absolute atomic E-state index is 11.5. The third-order valence-corrected chi connectivity index (χ3v) is 5.03. The molecule has 30 heavy (non-hydrogen) atoms. The Hall–Kier alpha value is -3.02. The minimum absolute atomic E-state index is 0.109. The number of unbranched alkanes of at least 4 members (excludes halogenated alkanes) is 2. The average Bonchev–Trinajstić information content (AvgIpc) is 3.12. The maximum atomic E-state index is 11.5. The first kappa shape index (κ1) is 21.7. The number of hydrogen-bond donors (Lipinski definition) is 1. The van der Waals surface area contributed by atoms with Gasteiger partial charge in [0.15, 0.2) is 5.82 Å². The van der Waals surface area contributed by atoms with Crippen molar-refractivity contribution >= 4 is 5.97 Å². The van der Waals surface area contributed by atoms with Crippen molar-refractivity contribution < 1.29 is 9.90 Å². The van der Waals surface area contributed by atoms with Crippen molar-refractivity contribution in [1.29, 1.82) is 0 Å². The first-order chi connectivity index (χ1) is 14.3. The predicted molar refractivity (Wildman–Crippen MR) is 118 cm³/mol. The largest absolute Gasteiger partial charge is 0.478 e. The van der Waals surface area contributed by atoms with Gasteiger partial charge in [0, 0.05) is 23.6 Å². The number of carboxylic acid groups (broad SMARTS) is 1. The Kier molecular flexibility index (Phi) is 6.65. The van der Waals surface area contributed by atoms with E-state index in [1.54, 1.807) is 24.4 Å². The number of pyridine rings is 1. The quantitative estimate of drug-likeness (QED) is 0.525. The van der Waals surface area contributed by atoms with Crippen LogP contribution in [-0.2, 0) is 18.4 Å². The van der Waals surface area contributed by atoms with Crippen molar-refractivity contribution in [3.8, 4) is 11.1 Å². The molecule has 2 aromatic heterocycles. The lowest BCUT2D eigenvalue weighted by Gasteiger charge is -2.12. The fourth-order valence-electron chi connectivity index (χ4n) is 3.29. The molecule has 3 rings (SSSR count). The smallest absolute Gasteiger partial charge is 0.336 e. The number of carboxylic acids is 1. The Bertz CT molecular complexity index is 1000. The second kappa shape index (κ2) is 9.20. The Morgan fingerprint density at radius 3 is 2.50 bits per heavy atom. The molecule has 0 spiro atoms. The van der Waals surface area contributed by atoms with Gasteiger partial charge in [0.2, 0.25) is 0 Å². The van der Waals surface area contributed by atoms with Crippen LogP contribution in [0.4, 0.5) is 0 Å². The zero-order valence-corrected chi connectivity index (χ0v) is 18.2. The molecule has 0 radical (unpaired) electrons. The highest BCUT2D eigenvalue weighted by atomic mass is 16.4. The van der Waals surface area contributed by atoms with E-state index < -0.39 is 5.97 Å². The van der Waals surface area contributed by atoms with Gasteiger partial charge in [-0.25, -0.2) is 14.5 Å². The third-order valence-electron chi connectivity index (χ3n) is 5.03. The van der Waals surface area contributed by atoms with Gasteiger partial charge in [-0.15, -0.1) is 0 Å². The van der Waals surface area contributed by atoms with E-state index >= 15 is 0 Å². The Morgan fingerprint density at radius 2 is 1.87 bits per heavy atom. The van der Waals surface area contributed by atoms with E-state index in [1.807, 2.05) is 22.9 Å². The van der Waals surface area contributed by atoms with Gasteiger partial charge >= 0.3 is 5.97 Å². The molecule has 6 nitrogen and oxygen atoms in total. The summed E-state index contributed by atoms with van der Waals surface area (Å²) in [6.07, 6.45) is 6.07. The van der Waals surface area contributed by atoms with E-state index in [9.17, 15) is 9.90 Å². The fraction of sp³-hybridized carbons (Fsp3) is 0.417. The van der Waals surface area contributed by atoms with Gasteiger partial charge in [0.05, 0.1) is 17.8 Å². The highest BCUT2D eigenvalue weighted by Crippen LogP contribution is 2.24. The summed E-state index contributed by atoms with van der Waals surface area (Å²) >= 11 is 0. The summed E-state index contributed by atoms with van der Waals surface area (Å²) in [7, 11) is 0. The predicted octanol–water partition coefficient (Wildman–Crippen LogP) is 5.12. The number of rotatable bonds is 8. The minimum atomic E-state index is -0.941. The van der Waals surface area contributed by atoms with E-state index in [0.29, 0.717) is 12.1 Å². The first-order valence-corrected chi connectivity index (χ1v) is 10.5. The van der Waals surface area contributed by atoms with Crippen LogP contribution < -0.4 is 0 Å². The van der Waals surface area contributed by atoms with Crippen LogP contribution in [0.1, 0.15) is 74.7 Å². The Morgan fingerprint density at radius 1 is 1.10 bits per heavy atom. The van der Waals surface area contributed by atoms with Crippen LogP contribution in [0.5, 0.6) is 0 Å². The topological polar surface area (TPSA) is 80.9 Å². The van der Waals surface area contributed by atoms with Crippen LogP contribution in [0.25, 0.3) is 11.1 Å². The summed E-state index contributed by atoms with van der Waals surface area (Å²) in [5, 5.41) is 14.2. The number of benzene rings is 1. The molecule has 0 bridgehead atoms. The molecule has 0 aliphatic heterocycles. The molecule has 0 amide bonds.